The van der Waals surface area contributed by atoms with Gasteiger partial charge in [0, 0.05) is 6.20 Å². The molecule has 2 aromatic heterocycles. The van der Waals surface area contributed by atoms with E-state index in [9.17, 15) is 10.1 Å². The van der Waals surface area contributed by atoms with Crippen LogP contribution in [0.4, 0.5) is 0 Å². The largest absolute Gasteiger partial charge is 0.279 e. The molecule has 0 saturated heterocycles. The van der Waals surface area contributed by atoms with Crippen LogP contribution in [-0.4, -0.2) is 27.8 Å². The van der Waals surface area contributed by atoms with E-state index >= 15 is 0 Å². The summed E-state index contributed by atoms with van der Waals surface area (Å²) in [4.78, 5) is 20.5. The number of carbonyl (C=O) groups is 1. The number of hydrogen-bond acceptors (Lipinski definition) is 5. The second-order valence-electron chi connectivity index (χ2n) is 3.66. The Morgan fingerprint density at radius 3 is 2.89 bits per heavy atom. The maximum absolute atomic E-state index is 11.8. The molecule has 2 aromatic rings. The van der Waals surface area contributed by atoms with Crippen LogP contribution in [0.2, 0.25) is 0 Å². The summed E-state index contributed by atoms with van der Waals surface area (Å²) in [6.45, 7) is 1.64. The van der Waals surface area contributed by atoms with Gasteiger partial charge in [-0.2, -0.15) is 10.4 Å². The van der Waals surface area contributed by atoms with Crippen molar-refractivity contribution in [3.8, 4) is 11.9 Å². The molecule has 0 bridgehead atoms. The van der Waals surface area contributed by atoms with Crippen molar-refractivity contribution in [2.75, 3.05) is 7.11 Å². The molecule has 0 saturated carbocycles. The molecule has 0 spiro atoms. The maximum Gasteiger partial charge on any atom is 0.279 e. The second-order valence-corrected chi connectivity index (χ2v) is 3.66. The van der Waals surface area contributed by atoms with Gasteiger partial charge < -0.3 is 0 Å². The third-order valence-corrected chi connectivity index (χ3v) is 2.45. The van der Waals surface area contributed by atoms with Gasteiger partial charge in [0.05, 0.1) is 12.8 Å². The highest BCUT2D eigenvalue weighted by molar-refractivity contribution is 5.96. The monoisotopic (exact) mass is 257 g/mol. The zero-order valence-electron chi connectivity index (χ0n) is 10.4. The highest BCUT2D eigenvalue weighted by Gasteiger charge is 2.22. The van der Waals surface area contributed by atoms with Crippen LogP contribution < -0.4 is 5.48 Å². The number of rotatable bonds is 3. The smallest absolute Gasteiger partial charge is 0.277 e. The molecule has 0 fully saturated rings. The predicted octanol–water partition coefficient (Wildman–Crippen LogP) is 0.739. The van der Waals surface area contributed by atoms with Crippen molar-refractivity contribution in [1.82, 2.24) is 20.2 Å². The first-order valence-corrected chi connectivity index (χ1v) is 5.43. The molecular formula is C12H11N5O2. The van der Waals surface area contributed by atoms with Gasteiger partial charge in [-0.1, -0.05) is 6.07 Å². The molecule has 1 amide bonds. The zero-order valence-corrected chi connectivity index (χ0v) is 10.4. The number of aryl methyl sites for hydroxylation is 1. The molecule has 0 aliphatic carbocycles. The number of nitrogens with one attached hydrogen (secondary N) is 1. The van der Waals surface area contributed by atoms with E-state index in [-0.39, 0.29) is 11.3 Å². The van der Waals surface area contributed by atoms with E-state index in [2.05, 4.69) is 20.4 Å². The van der Waals surface area contributed by atoms with Gasteiger partial charge in [0.1, 0.15) is 11.6 Å². The Balaban J connectivity index is 2.57. The number of nitriles is 1. The van der Waals surface area contributed by atoms with Crippen LogP contribution in [0.1, 0.15) is 21.7 Å². The molecule has 2 rings (SSSR count). The minimum atomic E-state index is -0.515. The molecule has 96 valence electrons. The van der Waals surface area contributed by atoms with E-state index in [1.165, 1.54) is 11.8 Å². The van der Waals surface area contributed by atoms with Gasteiger partial charge >= 0.3 is 0 Å². The fourth-order valence-electron chi connectivity index (χ4n) is 1.69. The number of hydrogen-bond donors (Lipinski definition) is 1. The zero-order chi connectivity index (χ0) is 13.8. The van der Waals surface area contributed by atoms with Crippen LogP contribution in [0.15, 0.2) is 24.4 Å². The molecular weight excluding hydrogens is 246 g/mol. The van der Waals surface area contributed by atoms with E-state index in [0.717, 1.165) is 0 Å². The van der Waals surface area contributed by atoms with E-state index in [1.807, 2.05) is 6.07 Å². The number of carbonyl (C=O) groups excluding carboxylic acids is 1. The first-order chi connectivity index (χ1) is 9.19. The normalized spacial score (nSPS) is 9.95. The molecule has 2 heterocycles. The lowest BCUT2D eigenvalue weighted by Gasteiger charge is -2.02. The molecule has 1 N–H and O–H groups in total. The van der Waals surface area contributed by atoms with Crippen LogP contribution in [-0.2, 0) is 4.84 Å². The molecule has 19 heavy (non-hydrogen) atoms. The highest BCUT2D eigenvalue weighted by Crippen LogP contribution is 2.16. The molecule has 0 unspecified atom stereocenters. The topological polar surface area (TPSA) is 92.8 Å². The van der Waals surface area contributed by atoms with Crippen molar-refractivity contribution in [3.05, 3.63) is 41.3 Å². The predicted molar refractivity (Wildman–Crippen MR) is 65.3 cm³/mol. The lowest BCUT2D eigenvalue weighted by atomic mass is 10.2. The first-order valence-electron chi connectivity index (χ1n) is 5.43. The van der Waals surface area contributed by atoms with Crippen LogP contribution in [0.3, 0.4) is 0 Å². The van der Waals surface area contributed by atoms with Gasteiger partial charge in [0.15, 0.2) is 11.5 Å². The number of amides is 1. The van der Waals surface area contributed by atoms with Gasteiger partial charge in [-0.15, -0.1) is 0 Å². The second kappa shape index (κ2) is 5.29. The summed E-state index contributed by atoms with van der Waals surface area (Å²) in [5.41, 5.74) is 2.90. The number of nitrogens with zero attached hydrogens (tertiary/aromatic N) is 4. The van der Waals surface area contributed by atoms with Gasteiger partial charge in [0.2, 0.25) is 0 Å². The summed E-state index contributed by atoms with van der Waals surface area (Å²) in [6, 6.07) is 7.19. The average Bonchev–Trinajstić information content (AvgIpc) is 2.76. The molecule has 0 aliphatic heterocycles. The van der Waals surface area contributed by atoms with Crippen molar-refractivity contribution in [3.63, 3.8) is 0 Å². The minimum Gasteiger partial charge on any atom is -0.277 e. The lowest BCUT2D eigenvalue weighted by molar-refractivity contribution is 0.0536. The van der Waals surface area contributed by atoms with Crippen LogP contribution >= 0.6 is 0 Å². The van der Waals surface area contributed by atoms with Crippen molar-refractivity contribution in [2.24, 2.45) is 0 Å². The lowest BCUT2D eigenvalue weighted by Crippen LogP contribution is -2.23. The third kappa shape index (κ3) is 2.29. The average molecular weight is 257 g/mol. The summed E-state index contributed by atoms with van der Waals surface area (Å²) >= 11 is 0. The molecule has 7 nitrogen and oxygen atoms in total. The van der Waals surface area contributed by atoms with Crippen molar-refractivity contribution < 1.29 is 9.63 Å². The summed E-state index contributed by atoms with van der Waals surface area (Å²) in [5.74, 6) is -0.0441. The van der Waals surface area contributed by atoms with Crippen molar-refractivity contribution in [1.29, 1.82) is 5.26 Å². The molecule has 0 atom stereocenters. The van der Waals surface area contributed by atoms with Gasteiger partial charge in [-0.05, 0) is 19.1 Å². The molecule has 0 aliphatic rings. The minimum absolute atomic E-state index is 0.116. The van der Waals surface area contributed by atoms with Crippen LogP contribution in [0, 0.1) is 18.3 Å². The fourth-order valence-corrected chi connectivity index (χ4v) is 1.69. The summed E-state index contributed by atoms with van der Waals surface area (Å²) in [7, 11) is 1.32. The van der Waals surface area contributed by atoms with E-state index in [4.69, 9.17) is 0 Å². The third-order valence-electron chi connectivity index (χ3n) is 2.45. The first kappa shape index (κ1) is 12.7. The van der Waals surface area contributed by atoms with E-state index in [0.29, 0.717) is 11.5 Å². The summed E-state index contributed by atoms with van der Waals surface area (Å²) in [6.07, 6.45) is 1.59. The van der Waals surface area contributed by atoms with Crippen molar-refractivity contribution >= 4 is 5.91 Å². The molecule has 0 radical (unpaired) electrons. The van der Waals surface area contributed by atoms with E-state index in [1.54, 1.807) is 31.3 Å². The number of hydroxylamine groups is 1. The summed E-state index contributed by atoms with van der Waals surface area (Å²) < 4.78 is 1.33. The molecule has 7 heteroatoms. The standard InChI is InChI=1S/C12H11N5O2/c1-8-11(12(18)16-19-2)9(7-13)17(15-8)10-5-3-4-6-14-10/h3-6H,1-2H3,(H,16,18). The van der Waals surface area contributed by atoms with Gasteiger partial charge in [0.25, 0.3) is 5.91 Å². The number of pyridine rings is 1. The number of aromatic nitrogens is 3. The van der Waals surface area contributed by atoms with E-state index < -0.39 is 5.91 Å². The maximum atomic E-state index is 11.8. The Labute approximate surface area is 109 Å². The highest BCUT2D eigenvalue weighted by atomic mass is 16.6. The Morgan fingerprint density at radius 1 is 1.53 bits per heavy atom. The SMILES string of the molecule is CONC(=O)c1c(C)nn(-c2ccccn2)c1C#N. The Hall–Kier alpha value is -2.72. The Bertz CT molecular complexity index is 642. The van der Waals surface area contributed by atoms with Crippen molar-refractivity contribution in [2.45, 2.75) is 6.92 Å². The molecule has 0 aromatic carbocycles. The van der Waals surface area contributed by atoms with Gasteiger partial charge in [-0.25, -0.2) is 15.1 Å². The Morgan fingerprint density at radius 2 is 2.32 bits per heavy atom. The quantitative estimate of drug-likeness (QED) is 0.818. The Kier molecular flexibility index (Phi) is 3.54. The van der Waals surface area contributed by atoms with Crippen LogP contribution in [0.25, 0.3) is 5.82 Å². The summed E-state index contributed by atoms with van der Waals surface area (Å²) in [5, 5.41) is 13.4. The van der Waals surface area contributed by atoms with Crippen LogP contribution in [0.5, 0.6) is 0 Å². The fraction of sp³-hybridized carbons (Fsp3) is 0.167. The van der Waals surface area contributed by atoms with Gasteiger partial charge in [-0.3, -0.25) is 9.63 Å².